The van der Waals surface area contributed by atoms with Crippen LogP contribution in [0.1, 0.15) is 13.3 Å². The number of anilines is 1. The highest BCUT2D eigenvalue weighted by atomic mass is 32.2. The fraction of sp³-hybridized carbons (Fsp3) is 0.500. The van der Waals surface area contributed by atoms with E-state index in [2.05, 4.69) is 4.72 Å². The zero-order valence-electron chi connectivity index (χ0n) is 10.8. The molecule has 0 spiro atoms. The van der Waals surface area contributed by atoms with E-state index in [4.69, 9.17) is 5.11 Å². The predicted octanol–water partition coefficient (Wildman–Crippen LogP) is 0.803. The maximum atomic E-state index is 12.1. The van der Waals surface area contributed by atoms with Gasteiger partial charge in [-0.15, -0.1) is 0 Å². The molecule has 0 aliphatic carbocycles. The fourth-order valence-electron chi connectivity index (χ4n) is 1.58. The third-order valence-corrected chi connectivity index (χ3v) is 4.05. The molecule has 0 radical (unpaired) electrons. The molecule has 0 aliphatic rings. The summed E-state index contributed by atoms with van der Waals surface area (Å²) in [6, 6.07) is 6.77. The molecule has 0 bridgehead atoms. The molecule has 1 aromatic carbocycles. The first kappa shape index (κ1) is 14.9. The highest BCUT2D eigenvalue weighted by Gasteiger charge is 2.19. The van der Waals surface area contributed by atoms with Crippen molar-refractivity contribution in [2.24, 2.45) is 0 Å². The molecule has 0 saturated carbocycles. The molecule has 0 aliphatic heterocycles. The number of sulfonamides is 1. The Balaban J connectivity index is 3.08. The largest absolute Gasteiger partial charge is 0.395 e. The Morgan fingerprint density at radius 1 is 1.33 bits per heavy atom. The maximum absolute atomic E-state index is 12.1. The van der Waals surface area contributed by atoms with Crippen molar-refractivity contribution in [3.05, 3.63) is 24.3 Å². The van der Waals surface area contributed by atoms with Crippen LogP contribution in [-0.2, 0) is 10.0 Å². The number of para-hydroxylation sites is 1. The van der Waals surface area contributed by atoms with E-state index in [0.29, 0.717) is 18.8 Å². The van der Waals surface area contributed by atoms with Crippen LogP contribution >= 0.6 is 0 Å². The van der Waals surface area contributed by atoms with Crippen molar-refractivity contribution in [1.29, 1.82) is 0 Å². The molecule has 0 unspecified atom stereocenters. The van der Waals surface area contributed by atoms with Crippen LogP contribution in [0.2, 0.25) is 0 Å². The van der Waals surface area contributed by atoms with Crippen molar-refractivity contribution in [1.82, 2.24) is 4.72 Å². The van der Waals surface area contributed by atoms with Crippen LogP contribution in [0.15, 0.2) is 29.2 Å². The highest BCUT2D eigenvalue weighted by Crippen LogP contribution is 2.23. The van der Waals surface area contributed by atoms with Gasteiger partial charge in [0.15, 0.2) is 0 Å². The van der Waals surface area contributed by atoms with Gasteiger partial charge < -0.3 is 10.0 Å². The second-order valence-electron chi connectivity index (χ2n) is 4.01. The summed E-state index contributed by atoms with van der Waals surface area (Å²) in [5.74, 6) is 0. The van der Waals surface area contributed by atoms with Crippen molar-refractivity contribution < 1.29 is 13.5 Å². The quantitative estimate of drug-likeness (QED) is 0.770. The van der Waals surface area contributed by atoms with Crippen LogP contribution < -0.4 is 9.62 Å². The number of benzene rings is 1. The Bertz CT molecular complexity index is 474. The summed E-state index contributed by atoms with van der Waals surface area (Å²) in [5.41, 5.74) is 0.593. The molecule has 102 valence electrons. The van der Waals surface area contributed by atoms with Crippen molar-refractivity contribution in [3.63, 3.8) is 0 Å². The van der Waals surface area contributed by atoms with Crippen molar-refractivity contribution in [2.75, 3.05) is 31.6 Å². The lowest BCUT2D eigenvalue weighted by molar-refractivity contribution is 0.304. The normalized spacial score (nSPS) is 11.5. The van der Waals surface area contributed by atoms with E-state index < -0.39 is 10.0 Å². The van der Waals surface area contributed by atoms with Gasteiger partial charge in [-0.25, -0.2) is 13.1 Å². The minimum absolute atomic E-state index is 0.0206. The van der Waals surface area contributed by atoms with Crippen molar-refractivity contribution in [3.8, 4) is 0 Å². The summed E-state index contributed by atoms with van der Waals surface area (Å²) < 4.78 is 26.8. The average molecular weight is 272 g/mol. The van der Waals surface area contributed by atoms with Gasteiger partial charge in [-0.05, 0) is 18.6 Å². The summed E-state index contributed by atoms with van der Waals surface area (Å²) in [7, 11) is -1.74. The molecular weight excluding hydrogens is 252 g/mol. The van der Waals surface area contributed by atoms with Gasteiger partial charge in [-0.3, -0.25) is 0 Å². The minimum atomic E-state index is -3.49. The van der Waals surface area contributed by atoms with Gasteiger partial charge in [-0.1, -0.05) is 19.1 Å². The van der Waals surface area contributed by atoms with Gasteiger partial charge in [0, 0.05) is 20.1 Å². The molecule has 1 aromatic rings. The molecule has 0 fully saturated rings. The maximum Gasteiger partial charge on any atom is 0.242 e. The number of hydrogen-bond donors (Lipinski definition) is 2. The van der Waals surface area contributed by atoms with Gasteiger partial charge >= 0.3 is 0 Å². The SMILES string of the molecule is CCCNS(=O)(=O)c1ccccc1N(C)CCO. The number of rotatable bonds is 7. The lowest BCUT2D eigenvalue weighted by Gasteiger charge is -2.21. The second-order valence-corrected chi connectivity index (χ2v) is 5.75. The van der Waals surface area contributed by atoms with Crippen LogP contribution in [-0.4, -0.2) is 40.3 Å². The predicted molar refractivity (Wildman–Crippen MR) is 72.3 cm³/mol. The Kier molecular flexibility index (Phi) is 5.58. The van der Waals surface area contributed by atoms with Crippen LogP contribution in [0.4, 0.5) is 5.69 Å². The molecule has 0 aromatic heterocycles. The number of nitrogens with one attached hydrogen (secondary N) is 1. The summed E-state index contributed by atoms with van der Waals surface area (Å²) in [6.45, 7) is 2.69. The Morgan fingerprint density at radius 3 is 2.61 bits per heavy atom. The Labute approximate surface area is 108 Å². The fourth-order valence-corrected chi connectivity index (χ4v) is 2.97. The van der Waals surface area contributed by atoms with Crippen LogP contribution in [0.3, 0.4) is 0 Å². The summed E-state index contributed by atoms with van der Waals surface area (Å²) in [6.07, 6.45) is 0.744. The summed E-state index contributed by atoms with van der Waals surface area (Å²) >= 11 is 0. The molecule has 18 heavy (non-hydrogen) atoms. The van der Waals surface area contributed by atoms with Gasteiger partial charge in [-0.2, -0.15) is 0 Å². The Morgan fingerprint density at radius 2 is 2.00 bits per heavy atom. The number of hydrogen-bond acceptors (Lipinski definition) is 4. The number of nitrogens with zero attached hydrogens (tertiary/aromatic N) is 1. The second kappa shape index (κ2) is 6.72. The first-order valence-corrected chi connectivity index (χ1v) is 7.42. The molecular formula is C12H20N2O3S. The monoisotopic (exact) mass is 272 g/mol. The van der Waals surface area contributed by atoms with E-state index in [1.54, 1.807) is 36.2 Å². The highest BCUT2D eigenvalue weighted by molar-refractivity contribution is 7.89. The molecule has 0 saturated heterocycles. The van der Waals surface area contributed by atoms with Crippen molar-refractivity contribution in [2.45, 2.75) is 18.2 Å². The van der Waals surface area contributed by atoms with Crippen molar-refractivity contribution >= 4 is 15.7 Å². The van der Waals surface area contributed by atoms with E-state index >= 15 is 0 Å². The third kappa shape index (κ3) is 3.69. The molecule has 2 N–H and O–H groups in total. The number of aliphatic hydroxyl groups is 1. The smallest absolute Gasteiger partial charge is 0.242 e. The standard InChI is InChI=1S/C12H20N2O3S/c1-3-8-13-18(16,17)12-7-5-4-6-11(12)14(2)9-10-15/h4-7,13,15H,3,8-10H2,1-2H3. The van der Waals surface area contributed by atoms with Crippen LogP contribution in [0.25, 0.3) is 0 Å². The van der Waals surface area contributed by atoms with Gasteiger partial charge in [0.2, 0.25) is 10.0 Å². The molecule has 6 heteroatoms. The first-order chi connectivity index (χ1) is 8.53. The third-order valence-electron chi connectivity index (χ3n) is 2.54. The van der Waals surface area contributed by atoms with Gasteiger partial charge in [0.25, 0.3) is 0 Å². The van der Waals surface area contributed by atoms with Gasteiger partial charge in [0.05, 0.1) is 12.3 Å². The molecule has 1 rings (SSSR count). The zero-order valence-corrected chi connectivity index (χ0v) is 11.6. The van der Waals surface area contributed by atoms with E-state index in [1.165, 1.54) is 0 Å². The van der Waals surface area contributed by atoms with E-state index in [1.807, 2.05) is 6.92 Å². The number of likely N-dealkylation sites (N-methyl/N-ethyl adjacent to an activating group) is 1. The zero-order chi connectivity index (χ0) is 13.6. The molecule has 0 amide bonds. The first-order valence-electron chi connectivity index (χ1n) is 5.93. The van der Waals surface area contributed by atoms with Crippen LogP contribution in [0, 0.1) is 0 Å². The molecule has 0 heterocycles. The lowest BCUT2D eigenvalue weighted by atomic mass is 10.3. The molecule has 0 atom stereocenters. The summed E-state index contributed by atoms with van der Waals surface area (Å²) in [5, 5.41) is 8.93. The summed E-state index contributed by atoms with van der Waals surface area (Å²) in [4.78, 5) is 1.97. The average Bonchev–Trinajstić information content (AvgIpc) is 2.37. The lowest BCUT2D eigenvalue weighted by Crippen LogP contribution is -2.28. The van der Waals surface area contributed by atoms with E-state index in [-0.39, 0.29) is 11.5 Å². The van der Waals surface area contributed by atoms with E-state index in [9.17, 15) is 8.42 Å². The topological polar surface area (TPSA) is 69.6 Å². The van der Waals surface area contributed by atoms with E-state index in [0.717, 1.165) is 6.42 Å². The Hall–Kier alpha value is -1.11. The minimum Gasteiger partial charge on any atom is -0.395 e. The van der Waals surface area contributed by atoms with Gasteiger partial charge in [0.1, 0.15) is 4.90 Å². The molecule has 5 nitrogen and oxygen atoms in total. The van der Waals surface area contributed by atoms with Crippen LogP contribution in [0.5, 0.6) is 0 Å². The number of aliphatic hydroxyl groups excluding tert-OH is 1.